The number of halogens is 2. The van der Waals surface area contributed by atoms with Gasteiger partial charge in [-0.1, -0.05) is 0 Å². The summed E-state index contributed by atoms with van der Waals surface area (Å²) >= 11 is 0. The zero-order valence-corrected chi connectivity index (χ0v) is 14.6. The quantitative estimate of drug-likeness (QED) is 0.860. The fourth-order valence-corrected chi connectivity index (χ4v) is 4.35. The monoisotopic (exact) mass is 371 g/mol. The van der Waals surface area contributed by atoms with Gasteiger partial charge in [-0.15, -0.1) is 0 Å². The number of rotatable bonds is 4. The van der Waals surface area contributed by atoms with Crippen LogP contribution in [0.25, 0.3) is 0 Å². The van der Waals surface area contributed by atoms with Crippen LogP contribution in [0, 0.1) is 40.3 Å². The molecule has 2 saturated heterocycles. The summed E-state index contributed by atoms with van der Waals surface area (Å²) in [6.07, 6.45) is -1.04. The number of carbonyl (C=O) groups excluding carboxylic acids is 1. The average Bonchev–Trinajstić information content (AvgIpc) is 2.99. The minimum Gasteiger partial charge on any atom is -0.368 e. The highest BCUT2D eigenvalue weighted by Crippen LogP contribution is 2.47. The van der Waals surface area contributed by atoms with E-state index in [-0.39, 0.29) is 31.5 Å². The lowest BCUT2D eigenvalue weighted by atomic mass is 10.2. The first-order chi connectivity index (χ1) is 13.0. The number of alkyl halides is 1. The molecular formula is C19H19F2N5O. The van der Waals surface area contributed by atoms with Gasteiger partial charge in [-0.25, -0.2) is 8.78 Å². The molecule has 0 aromatic heterocycles. The van der Waals surface area contributed by atoms with Crippen molar-refractivity contribution in [2.45, 2.75) is 24.7 Å². The average molecular weight is 371 g/mol. The first-order valence-electron chi connectivity index (χ1n) is 9.03. The SMILES string of the molecule is N#Cc1ccc(N2CC3C(C2)C3NCC(=O)N2C[C@@H](F)CC2C#N)c(F)c1. The predicted molar refractivity (Wildman–Crippen MR) is 92.7 cm³/mol. The predicted octanol–water partition coefficient (Wildman–Crippen LogP) is 1.18. The molecule has 0 radical (unpaired) electrons. The van der Waals surface area contributed by atoms with E-state index in [1.807, 2.05) is 17.0 Å². The highest BCUT2D eigenvalue weighted by Gasteiger charge is 2.56. The molecular weight excluding hydrogens is 352 g/mol. The molecule has 2 aliphatic heterocycles. The number of benzene rings is 1. The Morgan fingerprint density at radius 1 is 1.26 bits per heavy atom. The second-order valence-electron chi connectivity index (χ2n) is 7.44. The molecule has 0 bridgehead atoms. The molecule has 3 fully saturated rings. The molecule has 1 saturated carbocycles. The van der Waals surface area contributed by atoms with Crippen LogP contribution < -0.4 is 10.2 Å². The third-order valence-corrected chi connectivity index (χ3v) is 5.82. The third kappa shape index (κ3) is 3.22. The van der Waals surface area contributed by atoms with Crippen LogP contribution in [0.1, 0.15) is 12.0 Å². The Hall–Kier alpha value is -2.71. The van der Waals surface area contributed by atoms with Crippen molar-refractivity contribution in [3.63, 3.8) is 0 Å². The fraction of sp³-hybridized carbons (Fsp3) is 0.526. The molecule has 3 aliphatic rings. The van der Waals surface area contributed by atoms with Crippen LogP contribution in [0.5, 0.6) is 0 Å². The number of amides is 1. The highest BCUT2D eigenvalue weighted by molar-refractivity contribution is 5.79. The van der Waals surface area contributed by atoms with Gasteiger partial charge in [-0.05, 0) is 30.0 Å². The number of hydrogen-bond donors (Lipinski definition) is 1. The number of likely N-dealkylation sites (tertiary alicyclic amines) is 1. The van der Waals surface area contributed by atoms with Crippen LogP contribution in [0.15, 0.2) is 18.2 Å². The summed E-state index contributed by atoms with van der Waals surface area (Å²) in [6, 6.07) is 7.90. The van der Waals surface area contributed by atoms with Crippen LogP contribution in [-0.2, 0) is 4.79 Å². The van der Waals surface area contributed by atoms with Gasteiger partial charge in [-0.3, -0.25) is 4.79 Å². The molecule has 4 rings (SSSR count). The van der Waals surface area contributed by atoms with Gasteiger partial charge in [0, 0.05) is 25.6 Å². The normalized spacial score (nSPS) is 31.3. The molecule has 6 nitrogen and oxygen atoms in total. The molecule has 1 amide bonds. The van der Waals surface area contributed by atoms with Gasteiger partial charge < -0.3 is 15.1 Å². The van der Waals surface area contributed by atoms with E-state index in [0.29, 0.717) is 36.2 Å². The molecule has 4 atom stereocenters. The standard InChI is InChI=1S/C19H19F2N5O/c20-12-4-13(6-23)26(8-12)18(27)7-24-19-14-9-25(10-15(14)19)17-2-1-11(5-22)3-16(17)21/h1-3,12-15,19,24H,4,7-10H2/t12-,13?,14?,15?,19?/m0/s1. The zero-order valence-electron chi connectivity index (χ0n) is 14.6. The number of nitrogens with one attached hydrogen (secondary N) is 1. The first kappa shape index (κ1) is 17.7. The molecule has 3 unspecified atom stereocenters. The van der Waals surface area contributed by atoms with E-state index in [4.69, 9.17) is 10.5 Å². The summed E-state index contributed by atoms with van der Waals surface area (Å²) in [5, 5.41) is 21.1. The van der Waals surface area contributed by atoms with Gasteiger partial charge in [0.1, 0.15) is 18.0 Å². The highest BCUT2D eigenvalue weighted by atomic mass is 19.1. The number of nitriles is 2. The number of piperidine rings is 1. The van der Waals surface area contributed by atoms with Crippen molar-refractivity contribution < 1.29 is 13.6 Å². The van der Waals surface area contributed by atoms with E-state index in [1.165, 1.54) is 11.0 Å². The van der Waals surface area contributed by atoms with Crippen LogP contribution in [0.4, 0.5) is 14.5 Å². The number of anilines is 1. The number of hydrogen-bond acceptors (Lipinski definition) is 5. The maximum Gasteiger partial charge on any atom is 0.237 e. The minimum atomic E-state index is -1.13. The lowest BCUT2D eigenvalue weighted by molar-refractivity contribution is -0.130. The Bertz CT molecular complexity index is 835. The van der Waals surface area contributed by atoms with Crippen molar-refractivity contribution in [2.24, 2.45) is 11.8 Å². The van der Waals surface area contributed by atoms with Crippen molar-refractivity contribution in [3.8, 4) is 12.1 Å². The molecule has 2 heterocycles. The molecule has 0 spiro atoms. The van der Waals surface area contributed by atoms with Crippen molar-refractivity contribution >= 4 is 11.6 Å². The maximum atomic E-state index is 14.1. The van der Waals surface area contributed by atoms with Gasteiger partial charge in [0.25, 0.3) is 0 Å². The topological polar surface area (TPSA) is 83.2 Å². The van der Waals surface area contributed by atoms with Crippen molar-refractivity contribution in [1.29, 1.82) is 10.5 Å². The van der Waals surface area contributed by atoms with E-state index in [1.54, 1.807) is 12.1 Å². The summed E-state index contributed by atoms with van der Waals surface area (Å²) in [5.74, 6) is 0.0354. The largest absolute Gasteiger partial charge is 0.368 e. The second-order valence-corrected chi connectivity index (χ2v) is 7.44. The zero-order chi connectivity index (χ0) is 19.1. The number of fused-ring (bicyclic) bond motifs is 1. The number of nitrogens with zero attached hydrogens (tertiary/aromatic N) is 4. The number of carbonyl (C=O) groups is 1. The van der Waals surface area contributed by atoms with Crippen molar-refractivity contribution in [1.82, 2.24) is 10.2 Å². The molecule has 1 aliphatic carbocycles. The minimum absolute atomic E-state index is 0.0119. The van der Waals surface area contributed by atoms with E-state index < -0.39 is 18.0 Å². The fourth-order valence-electron chi connectivity index (χ4n) is 4.35. The summed E-state index contributed by atoms with van der Waals surface area (Å²) < 4.78 is 27.6. The first-order valence-corrected chi connectivity index (χ1v) is 9.03. The van der Waals surface area contributed by atoms with Crippen LogP contribution in [0.3, 0.4) is 0 Å². The summed E-state index contributed by atoms with van der Waals surface area (Å²) in [7, 11) is 0. The maximum absolute atomic E-state index is 14.1. The Morgan fingerprint density at radius 2 is 2.00 bits per heavy atom. The third-order valence-electron chi connectivity index (χ3n) is 5.82. The summed E-state index contributed by atoms with van der Waals surface area (Å²) in [4.78, 5) is 15.5. The Balaban J connectivity index is 1.28. The molecule has 1 aromatic rings. The molecule has 1 aromatic carbocycles. The van der Waals surface area contributed by atoms with Gasteiger partial charge in [-0.2, -0.15) is 10.5 Å². The molecule has 1 N–H and O–H groups in total. The van der Waals surface area contributed by atoms with E-state index in [0.717, 1.165) is 0 Å². The molecule has 8 heteroatoms. The smallest absolute Gasteiger partial charge is 0.237 e. The van der Waals surface area contributed by atoms with Crippen LogP contribution in [-0.4, -0.2) is 55.2 Å². The Kier molecular flexibility index (Phi) is 4.45. The lowest BCUT2D eigenvalue weighted by Gasteiger charge is -2.23. The van der Waals surface area contributed by atoms with E-state index >= 15 is 0 Å². The van der Waals surface area contributed by atoms with Crippen LogP contribution in [0.2, 0.25) is 0 Å². The molecule has 27 heavy (non-hydrogen) atoms. The van der Waals surface area contributed by atoms with Gasteiger partial charge in [0.05, 0.1) is 36.5 Å². The van der Waals surface area contributed by atoms with Gasteiger partial charge in [0.15, 0.2) is 0 Å². The van der Waals surface area contributed by atoms with Crippen molar-refractivity contribution in [3.05, 3.63) is 29.6 Å². The van der Waals surface area contributed by atoms with Crippen molar-refractivity contribution in [2.75, 3.05) is 31.1 Å². The lowest BCUT2D eigenvalue weighted by Crippen LogP contribution is -2.43. The Labute approximate surface area is 156 Å². The van der Waals surface area contributed by atoms with E-state index in [2.05, 4.69) is 5.32 Å². The van der Waals surface area contributed by atoms with E-state index in [9.17, 15) is 13.6 Å². The molecule has 140 valence electrons. The van der Waals surface area contributed by atoms with Gasteiger partial charge >= 0.3 is 0 Å². The van der Waals surface area contributed by atoms with Gasteiger partial charge in [0.2, 0.25) is 5.91 Å². The second kappa shape index (κ2) is 6.79. The summed E-state index contributed by atoms with van der Waals surface area (Å²) in [5.41, 5.74) is 0.797. The van der Waals surface area contributed by atoms with Crippen LogP contribution >= 0.6 is 0 Å². The Morgan fingerprint density at radius 3 is 2.63 bits per heavy atom. The summed E-state index contributed by atoms with van der Waals surface area (Å²) in [6.45, 7) is 1.46.